The summed E-state index contributed by atoms with van der Waals surface area (Å²) in [6, 6.07) is 7.51. The number of fused-ring (bicyclic) bond motifs is 1. The maximum absolute atomic E-state index is 5.50. The lowest BCUT2D eigenvalue weighted by atomic mass is 9.97. The standard InChI is InChI=1S/C17H26N2O2/c1-20-16-7-3-5-13(17(16)21-2)12-18-14-8-10-19-9-4-6-15(19)11-14/h3,5,7,14-15,18H,4,6,8-12H2,1-2H3. The summed E-state index contributed by atoms with van der Waals surface area (Å²) in [7, 11) is 3.39. The minimum atomic E-state index is 0.625. The zero-order valence-corrected chi connectivity index (χ0v) is 13.1. The Labute approximate surface area is 127 Å². The number of hydrogen-bond acceptors (Lipinski definition) is 4. The molecule has 2 heterocycles. The smallest absolute Gasteiger partial charge is 0.165 e. The molecule has 2 aliphatic heterocycles. The Balaban J connectivity index is 1.60. The van der Waals surface area contributed by atoms with E-state index in [1.54, 1.807) is 14.2 Å². The number of ether oxygens (including phenoxy) is 2. The second-order valence-electron chi connectivity index (χ2n) is 6.09. The third-order valence-corrected chi connectivity index (χ3v) is 4.89. The maximum Gasteiger partial charge on any atom is 0.165 e. The normalized spacial score (nSPS) is 25.6. The van der Waals surface area contributed by atoms with Gasteiger partial charge in [0.05, 0.1) is 14.2 Å². The first kappa shape index (κ1) is 14.7. The van der Waals surface area contributed by atoms with Crippen molar-refractivity contribution in [2.24, 2.45) is 0 Å². The summed E-state index contributed by atoms with van der Waals surface area (Å²) in [5.74, 6) is 1.66. The molecule has 2 aliphatic rings. The number of benzene rings is 1. The van der Waals surface area contributed by atoms with Crippen molar-refractivity contribution < 1.29 is 9.47 Å². The van der Waals surface area contributed by atoms with Gasteiger partial charge in [-0.3, -0.25) is 0 Å². The second kappa shape index (κ2) is 6.67. The molecule has 0 radical (unpaired) electrons. The van der Waals surface area contributed by atoms with E-state index in [9.17, 15) is 0 Å². The van der Waals surface area contributed by atoms with E-state index in [4.69, 9.17) is 9.47 Å². The van der Waals surface area contributed by atoms with Crippen molar-refractivity contribution in [3.8, 4) is 11.5 Å². The van der Waals surface area contributed by atoms with Crippen LogP contribution in [0, 0.1) is 0 Å². The first-order valence-corrected chi connectivity index (χ1v) is 7.99. The minimum Gasteiger partial charge on any atom is -0.493 e. The molecule has 0 saturated carbocycles. The highest BCUT2D eigenvalue weighted by molar-refractivity contribution is 5.46. The van der Waals surface area contributed by atoms with E-state index in [1.165, 1.54) is 44.3 Å². The molecule has 0 amide bonds. The summed E-state index contributed by atoms with van der Waals surface area (Å²) in [5, 5.41) is 3.71. The lowest BCUT2D eigenvalue weighted by molar-refractivity contribution is 0.166. The van der Waals surface area contributed by atoms with Crippen LogP contribution in [0.15, 0.2) is 18.2 Å². The fraction of sp³-hybridized carbons (Fsp3) is 0.647. The number of rotatable bonds is 5. The Hall–Kier alpha value is -1.26. The average molecular weight is 290 g/mol. The van der Waals surface area contributed by atoms with Gasteiger partial charge in [-0.1, -0.05) is 12.1 Å². The van der Waals surface area contributed by atoms with Crippen molar-refractivity contribution >= 4 is 0 Å². The predicted molar refractivity (Wildman–Crippen MR) is 84.0 cm³/mol. The van der Waals surface area contributed by atoms with E-state index in [1.807, 2.05) is 12.1 Å². The van der Waals surface area contributed by atoms with Crippen molar-refractivity contribution in [1.29, 1.82) is 0 Å². The molecule has 3 rings (SSSR count). The van der Waals surface area contributed by atoms with Crippen LogP contribution in [0.5, 0.6) is 11.5 Å². The molecule has 4 heteroatoms. The molecule has 116 valence electrons. The van der Waals surface area contributed by atoms with E-state index in [2.05, 4.69) is 16.3 Å². The van der Waals surface area contributed by atoms with Crippen LogP contribution in [-0.4, -0.2) is 44.3 Å². The van der Waals surface area contributed by atoms with Crippen molar-refractivity contribution in [2.75, 3.05) is 27.3 Å². The van der Waals surface area contributed by atoms with Crippen molar-refractivity contribution in [2.45, 2.75) is 44.3 Å². The molecule has 2 unspecified atom stereocenters. The number of piperidine rings is 1. The third kappa shape index (κ3) is 3.16. The van der Waals surface area contributed by atoms with Gasteiger partial charge in [-0.15, -0.1) is 0 Å². The van der Waals surface area contributed by atoms with Crippen molar-refractivity contribution in [3.05, 3.63) is 23.8 Å². The van der Waals surface area contributed by atoms with E-state index in [-0.39, 0.29) is 0 Å². The Kier molecular flexibility index (Phi) is 4.66. The van der Waals surface area contributed by atoms with Gasteiger partial charge >= 0.3 is 0 Å². The number of para-hydroxylation sites is 1. The molecular formula is C17H26N2O2. The minimum absolute atomic E-state index is 0.625. The summed E-state index contributed by atoms with van der Waals surface area (Å²) in [6.45, 7) is 3.40. The SMILES string of the molecule is COc1cccc(CNC2CCN3CCCC3C2)c1OC. The highest BCUT2D eigenvalue weighted by atomic mass is 16.5. The highest BCUT2D eigenvalue weighted by Gasteiger charge is 2.31. The maximum atomic E-state index is 5.50. The Morgan fingerprint density at radius 2 is 2.10 bits per heavy atom. The number of nitrogens with zero attached hydrogens (tertiary/aromatic N) is 1. The molecule has 1 aromatic rings. The lowest BCUT2D eigenvalue weighted by Crippen LogP contribution is -2.45. The van der Waals surface area contributed by atoms with Gasteiger partial charge in [0.15, 0.2) is 11.5 Å². The van der Waals surface area contributed by atoms with Crippen LogP contribution in [0.3, 0.4) is 0 Å². The molecular weight excluding hydrogens is 264 g/mol. The topological polar surface area (TPSA) is 33.7 Å². The molecule has 21 heavy (non-hydrogen) atoms. The van der Waals surface area contributed by atoms with Crippen LogP contribution in [-0.2, 0) is 6.54 Å². The van der Waals surface area contributed by atoms with Crippen LogP contribution >= 0.6 is 0 Å². The highest BCUT2D eigenvalue weighted by Crippen LogP contribution is 2.31. The monoisotopic (exact) mass is 290 g/mol. The molecule has 2 saturated heterocycles. The van der Waals surface area contributed by atoms with Crippen LogP contribution < -0.4 is 14.8 Å². The predicted octanol–water partition coefficient (Wildman–Crippen LogP) is 2.42. The molecule has 1 aromatic carbocycles. The van der Waals surface area contributed by atoms with Gasteiger partial charge in [0.25, 0.3) is 0 Å². The van der Waals surface area contributed by atoms with Gasteiger partial charge < -0.3 is 19.7 Å². The quantitative estimate of drug-likeness (QED) is 0.903. The van der Waals surface area contributed by atoms with Crippen LogP contribution in [0.25, 0.3) is 0 Å². The van der Waals surface area contributed by atoms with Crippen LogP contribution in [0.2, 0.25) is 0 Å². The zero-order chi connectivity index (χ0) is 14.7. The summed E-state index contributed by atoms with van der Waals surface area (Å²) in [4.78, 5) is 2.66. The third-order valence-electron chi connectivity index (χ3n) is 4.89. The molecule has 0 aromatic heterocycles. The van der Waals surface area contributed by atoms with Gasteiger partial charge in [-0.25, -0.2) is 0 Å². The van der Waals surface area contributed by atoms with E-state index in [0.29, 0.717) is 6.04 Å². The molecule has 0 aliphatic carbocycles. The first-order valence-electron chi connectivity index (χ1n) is 7.99. The van der Waals surface area contributed by atoms with Crippen LogP contribution in [0.1, 0.15) is 31.2 Å². The fourth-order valence-electron chi connectivity index (χ4n) is 3.76. The fourth-order valence-corrected chi connectivity index (χ4v) is 3.76. The Morgan fingerprint density at radius 3 is 2.90 bits per heavy atom. The Bertz CT molecular complexity index is 478. The summed E-state index contributed by atoms with van der Waals surface area (Å²) >= 11 is 0. The first-order chi connectivity index (χ1) is 10.3. The van der Waals surface area contributed by atoms with E-state index >= 15 is 0 Å². The van der Waals surface area contributed by atoms with Gasteiger partial charge in [0.1, 0.15) is 0 Å². The molecule has 4 nitrogen and oxygen atoms in total. The number of hydrogen-bond donors (Lipinski definition) is 1. The Morgan fingerprint density at radius 1 is 1.19 bits per heavy atom. The average Bonchev–Trinajstić information content (AvgIpc) is 2.99. The summed E-state index contributed by atoms with van der Waals surface area (Å²) in [5.41, 5.74) is 1.17. The van der Waals surface area contributed by atoms with E-state index in [0.717, 1.165) is 24.1 Å². The van der Waals surface area contributed by atoms with Crippen LogP contribution in [0.4, 0.5) is 0 Å². The van der Waals surface area contributed by atoms with Gasteiger partial charge in [0.2, 0.25) is 0 Å². The van der Waals surface area contributed by atoms with Gasteiger partial charge in [-0.05, 0) is 44.8 Å². The van der Waals surface area contributed by atoms with E-state index < -0.39 is 0 Å². The molecule has 2 atom stereocenters. The zero-order valence-electron chi connectivity index (χ0n) is 13.1. The molecule has 0 bridgehead atoms. The van der Waals surface area contributed by atoms with Crippen molar-refractivity contribution in [3.63, 3.8) is 0 Å². The summed E-state index contributed by atoms with van der Waals surface area (Å²) in [6.07, 6.45) is 5.29. The molecule has 2 fully saturated rings. The second-order valence-corrected chi connectivity index (χ2v) is 6.09. The number of nitrogens with one attached hydrogen (secondary N) is 1. The van der Waals surface area contributed by atoms with Gasteiger partial charge in [-0.2, -0.15) is 0 Å². The number of methoxy groups -OCH3 is 2. The molecule has 1 N–H and O–H groups in total. The summed E-state index contributed by atoms with van der Waals surface area (Å²) < 4.78 is 10.9. The van der Waals surface area contributed by atoms with Gasteiger partial charge in [0, 0.05) is 24.2 Å². The molecule has 0 spiro atoms. The van der Waals surface area contributed by atoms with Crippen molar-refractivity contribution in [1.82, 2.24) is 10.2 Å². The largest absolute Gasteiger partial charge is 0.493 e. The lowest BCUT2D eigenvalue weighted by Gasteiger charge is -2.35.